The third-order valence-corrected chi connectivity index (χ3v) is 7.93. The van der Waals surface area contributed by atoms with Gasteiger partial charge >= 0.3 is 5.97 Å². The van der Waals surface area contributed by atoms with Gasteiger partial charge in [-0.2, -0.15) is 9.40 Å². The molecule has 0 bridgehead atoms. The molecule has 1 amide bonds. The van der Waals surface area contributed by atoms with Crippen molar-refractivity contribution in [1.29, 1.82) is 0 Å². The maximum Gasteiger partial charge on any atom is 0.324 e. The Labute approximate surface area is 204 Å². The largest absolute Gasteiger partial charge is 0.454 e. The van der Waals surface area contributed by atoms with Crippen molar-refractivity contribution in [3.05, 3.63) is 71.5 Å². The van der Waals surface area contributed by atoms with Gasteiger partial charge in [-0.3, -0.25) is 9.59 Å². The molecular formula is C25H28N4O5S. The summed E-state index contributed by atoms with van der Waals surface area (Å²) in [5, 5.41) is 7.24. The van der Waals surface area contributed by atoms with Crippen molar-refractivity contribution in [3.63, 3.8) is 0 Å². The topological polar surface area (TPSA) is 111 Å². The number of amides is 1. The molecule has 0 saturated carbocycles. The lowest BCUT2D eigenvalue weighted by Crippen LogP contribution is -2.42. The van der Waals surface area contributed by atoms with Gasteiger partial charge in [0.2, 0.25) is 10.0 Å². The fraction of sp³-hybridized carbons (Fsp3) is 0.320. The maximum absolute atomic E-state index is 13.1. The van der Waals surface area contributed by atoms with E-state index in [1.807, 2.05) is 44.2 Å². The molecule has 9 nitrogen and oxygen atoms in total. The van der Waals surface area contributed by atoms with Crippen molar-refractivity contribution in [3.8, 4) is 5.69 Å². The molecule has 1 aromatic heterocycles. The Hall–Kier alpha value is -3.50. The predicted molar refractivity (Wildman–Crippen MR) is 131 cm³/mol. The van der Waals surface area contributed by atoms with E-state index in [0.717, 1.165) is 21.2 Å². The molecule has 0 aliphatic carbocycles. The number of hydrogen-bond acceptors (Lipinski definition) is 6. The van der Waals surface area contributed by atoms with E-state index in [-0.39, 0.29) is 11.4 Å². The standard InChI is InChI=1S/C25H28N4O5S/c1-17-11-13-21(14-12-17)35(32,33)28-15-7-10-22(28)25(31)34-16-23(30)26-24-18(2)27-29(19(24)3)20-8-5-4-6-9-20/h4-6,8-9,11-14,22H,7,10,15-16H2,1-3H3,(H,26,30). The molecule has 1 unspecified atom stereocenters. The van der Waals surface area contributed by atoms with E-state index in [1.165, 1.54) is 12.1 Å². The van der Waals surface area contributed by atoms with Gasteiger partial charge in [-0.1, -0.05) is 35.9 Å². The highest BCUT2D eigenvalue weighted by Crippen LogP contribution is 2.27. The number of nitrogens with zero attached hydrogens (tertiary/aromatic N) is 3. The van der Waals surface area contributed by atoms with Crippen LogP contribution in [-0.2, 0) is 24.3 Å². The first kappa shape index (κ1) is 24.6. The average Bonchev–Trinajstić information content (AvgIpc) is 3.45. The summed E-state index contributed by atoms with van der Waals surface area (Å²) in [6.45, 7) is 5.18. The number of esters is 1. The quantitative estimate of drug-likeness (QED) is 0.503. The fourth-order valence-electron chi connectivity index (χ4n) is 4.16. The van der Waals surface area contributed by atoms with Crippen LogP contribution in [0.1, 0.15) is 29.8 Å². The summed E-state index contributed by atoms with van der Waals surface area (Å²) >= 11 is 0. The molecule has 3 aromatic rings. The van der Waals surface area contributed by atoms with Crippen LogP contribution in [0.3, 0.4) is 0 Å². The van der Waals surface area contributed by atoms with Crippen LogP contribution < -0.4 is 5.32 Å². The molecule has 35 heavy (non-hydrogen) atoms. The number of hydrogen-bond donors (Lipinski definition) is 1. The highest BCUT2D eigenvalue weighted by molar-refractivity contribution is 7.89. The zero-order chi connectivity index (χ0) is 25.2. The monoisotopic (exact) mass is 496 g/mol. The first-order chi connectivity index (χ1) is 16.7. The summed E-state index contributed by atoms with van der Waals surface area (Å²) in [6, 6.07) is 15.0. The molecule has 4 rings (SSSR count). The van der Waals surface area contributed by atoms with E-state index >= 15 is 0 Å². The lowest BCUT2D eigenvalue weighted by molar-refractivity contribution is -0.150. The zero-order valence-electron chi connectivity index (χ0n) is 19.9. The highest BCUT2D eigenvalue weighted by atomic mass is 32.2. The third kappa shape index (κ3) is 5.13. The molecule has 2 aromatic carbocycles. The van der Waals surface area contributed by atoms with Gasteiger partial charge in [-0.15, -0.1) is 0 Å². The van der Waals surface area contributed by atoms with Crippen LogP contribution in [0.5, 0.6) is 0 Å². The second kappa shape index (κ2) is 10.0. The predicted octanol–water partition coefficient (Wildman–Crippen LogP) is 3.13. The van der Waals surface area contributed by atoms with Crippen LogP contribution in [0.25, 0.3) is 5.69 Å². The van der Waals surface area contributed by atoms with E-state index in [2.05, 4.69) is 10.4 Å². The molecule has 0 radical (unpaired) electrons. The number of anilines is 1. The molecule has 184 valence electrons. The summed E-state index contributed by atoms with van der Waals surface area (Å²) in [7, 11) is -3.85. The molecule has 1 fully saturated rings. The lowest BCUT2D eigenvalue weighted by atomic mass is 10.2. The van der Waals surface area contributed by atoms with Crippen molar-refractivity contribution in [2.75, 3.05) is 18.5 Å². The van der Waals surface area contributed by atoms with Gasteiger partial charge in [-0.25, -0.2) is 13.1 Å². The summed E-state index contributed by atoms with van der Waals surface area (Å²) in [5.41, 5.74) is 3.69. The Morgan fingerprint density at radius 1 is 1.06 bits per heavy atom. The number of ether oxygens (including phenoxy) is 1. The van der Waals surface area contributed by atoms with Crippen molar-refractivity contribution < 1.29 is 22.7 Å². The van der Waals surface area contributed by atoms with E-state index in [9.17, 15) is 18.0 Å². The van der Waals surface area contributed by atoms with Crippen LogP contribution in [-0.4, -0.2) is 53.6 Å². The van der Waals surface area contributed by atoms with E-state index < -0.39 is 34.5 Å². The number of para-hydroxylation sites is 1. The number of carbonyl (C=O) groups excluding carboxylic acids is 2. The Balaban J connectivity index is 1.40. The third-order valence-electron chi connectivity index (χ3n) is 6.01. The van der Waals surface area contributed by atoms with Crippen LogP contribution in [0.4, 0.5) is 5.69 Å². The van der Waals surface area contributed by atoms with Crippen molar-refractivity contribution in [2.45, 2.75) is 44.6 Å². The van der Waals surface area contributed by atoms with E-state index in [0.29, 0.717) is 24.2 Å². The van der Waals surface area contributed by atoms with Crippen LogP contribution in [0.15, 0.2) is 59.5 Å². The number of benzene rings is 2. The Morgan fingerprint density at radius 2 is 1.74 bits per heavy atom. The Kier molecular flexibility index (Phi) is 7.04. The summed E-state index contributed by atoms with van der Waals surface area (Å²) in [5.74, 6) is -1.26. The zero-order valence-corrected chi connectivity index (χ0v) is 20.7. The van der Waals surface area contributed by atoms with Gasteiger partial charge in [-0.05, 0) is 57.9 Å². The summed E-state index contributed by atoms with van der Waals surface area (Å²) in [4.78, 5) is 25.4. The summed E-state index contributed by atoms with van der Waals surface area (Å²) < 4.78 is 34.2. The van der Waals surface area contributed by atoms with Crippen molar-refractivity contribution in [1.82, 2.24) is 14.1 Å². The molecule has 1 aliphatic rings. The van der Waals surface area contributed by atoms with Gasteiger partial charge in [0, 0.05) is 6.54 Å². The SMILES string of the molecule is Cc1ccc(S(=O)(=O)N2CCCC2C(=O)OCC(=O)Nc2c(C)nn(-c3ccccc3)c2C)cc1. The molecule has 10 heteroatoms. The van der Waals surface area contributed by atoms with Gasteiger partial charge in [0.1, 0.15) is 6.04 Å². The second-order valence-corrected chi connectivity index (χ2v) is 10.4. The lowest BCUT2D eigenvalue weighted by Gasteiger charge is -2.22. The van der Waals surface area contributed by atoms with Gasteiger partial charge in [0.25, 0.3) is 5.91 Å². The molecule has 2 heterocycles. The molecule has 1 aliphatic heterocycles. The van der Waals surface area contributed by atoms with E-state index in [1.54, 1.807) is 23.7 Å². The minimum absolute atomic E-state index is 0.127. The molecule has 1 N–H and O–H groups in total. The normalized spacial score (nSPS) is 16.3. The van der Waals surface area contributed by atoms with E-state index in [4.69, 9.17) is 4.74 Å². The number of carbonyl (C=O) groups is 2. The van der Waals surface area contributed by atoms with Crippen LogP contribution >= 0.6 is 0 Å². The van der Waals surface area contributed by atoms with Crippen LogP contribution in [0.2, 0.25) is 0 Å². The van der Waals surface area contributed by atoms with Gasteiger partial charge in [0.05, 0.1) is 27.7 Å². The van der Waals surface area contributed by atoms with Gasteiger partial charge in [0.15, 0.2) is 6.61 Å². The number of nitrogens with one attached hydrogen (secondary N) is 1. The smallest absolute Gasteiger partial charge is 0.324 e. The molecule has 0 spiro atoms. The van der Waals surface area contributed by atoms with Crippen LogP contribution in [0, 0.1) is 20.8 Å². The minimum atomic E-state index is -3.85. The number of sulfonamides is 1. The first-order valence-corrected chi connectivity index (χ1v) is 12.8. The number of aromatic nitrogens is 2. The fourth-order valence-corrected chi connectivity index (χ4v) is 5.81. The second-order valence-electron chi connectivity index (χ2n) is 8.54. The molecule has 1 atom stereocenters. The van der Waals surface area contributed by atoms with Crippen molar-refractivity contribution in [2.24, 2.45) is 0 Å². The highest BCUT2D eigenvalue weighted by Gasteiger charge is 2.40. The number of rotatable bonds is 7. The molecule has 1 saturated heterocycles. The summed E-state index contributed by atoms with van der Waals surface area (Å²) in [6.07, 6.45) is 0.877. The maximum atomic E-state index is 13.1. The minimum Gasteiger partial charge on any atom is -0.454 e. The first-order valence-electron chi connectivity index (χ1n) is 11.3. The Morgan fingerprint density at radius 3 is 2.43 bits per heavy atom. The molecular weight excluding hydrogens is 468 g/mol. The van der Waals surface area contributed by atoms with Crippen molar-refractivity contribution >= 4 is 27.6 Å². The Bertz CT molecular complexity index is 1330. The average molecular weight is 497 g/mol. The van der Waals surface area contributed by atoms with Gasteiger partial charge < -0.3 is 10.1 Å². The number of aryl methyl sites for hydroxylation is 2.